The third-order valence-corrected chi connectivity index (χ3v) is 10.8. The third-order valence-electron chi connectivity index (χ3n) is 10.8. The molecule has 0 aliphatic rings. The molecule has 0 aliphatic carbocycles. The Morgan fingerprint density at radius 2 is 0.786 bits per heavy atom. The molecule has 0 fully saturated rings. The van der Waals surface area contributed by atoms with Crippen molar-refractivity contribution in [1.29, 1.82) is 0 Å². The first-order valence-corrected chi connectivity index (χ1v) is 18.8. The zero-order chi connectivity index (χ0) is 37.0. The summed E-state index contributed by atoms with van der Waals surface area (Å²) in [7, 11) is 0. The second-order valence-electron chi connectivity index (χ2n) is 14.1. The number of aromatic nitrogens is 5. The fourth-order valence-electron chi connectivity index (χ4n) is 8.25. The molecule has 0 amide bonds. The number of fused-ring (bicyclic) bond motifs is 6. The van der Waals surface area contributed by atoms with Crippen LogP contribution in [0.3, 0.4) is 0 Å². The highest BCUT2D eigenvalue weighted by atomic mass is 15.0. The Balaban J connectivity index is 1.21. The summed E-state index contributed by atoms with van der Waals surface area (Å²) in [6, 6.07) is 66.6. The first kappa shape index (κ1) is 31.9. The molecule has 56 heavy (non-hydrogen) atoms. The van der Waals surface area contributed by atoms with Crippen LogP contribution in [0.4, 0.5) is 0 Å². The normalized spacial score (nSPS) is 11.6. The quantitative estimate of drug-likeness (QED) is 0.172. The van der Waals surface area contributed by atoms with Crippen molar-refractivity contribution in [2.45, 2.75) is 0 Å². The number of para-hydroxylation sites is 4. The minimum absolute atomic E-state index is 0.672. The Morgan fingerprint density at radius 1 is 0.321 bits per heavy atom. The molecule has 5 nitrogen and oxygen atoms in total. The first-order chi connectivity index (χ1) is 27.8. The molecular formula is C51H33N5. The molecule has 0 radical (unpaired) electrons. The van der Waals surface area contributed by atoms with Crippen LogP contribution in [0.1, 0.15) is 0 Å². The van der Waals surface area contributed by atoms with Crippen LogP contribution in [0.15, 0.2) is 200 Å². The molecule has 4 heterocycles. The van der Waals surface area contributed by atoms with Crippen LogP contribution < -0.4 is 0 Å². The molecule has 0 bridgehead atoms. The monoisotopic (exact) mass is 715 g/mol. The average Bonchev–Trinajstić information content (AvgIpc) is 3.80. The van der Waals surface area contributed by atoms with Gasteiger partial charge in [-0.3, -0.25) is 4.98 Å². The molecule has 5 heteroatoms. The lowest BCUT2D eigenvalue weighted by Crippen LogP contribution is -2.01. The van der Waals surface area contributed by atoms with Gasteiger partial charge in [-0.15, -0.1) is 0 Å². The van der Waals surface area contributed by atoms with Gasteiger partial charge >= 0.3 is 0 Å². The standard InChI is InChI=1S/C51H33N5/c1-2-14-34(15-3-1)51-53-45(36-17-12-16-35(28-36)37-18-13-27-52-33-37)32-46(54-51)38-29-39(55-47-23-8-4-19-41(47)42-20-5-9-24-48(42)55)31-40(30-38)56-49-25-10-6-21-43(49)44-22-7-11-26-50(44)56/h1-33H. The molecule has 7 aromatic carbocycles. The van der Waals surface area contributed by atoms with Crippen molar-refractivity contribution in [2.24, 2.45) is 0 Å². The smallest absolute Gasteiger partial charge is 0.160 e. The summed E-state index contributed by atoms with van der Waals surface area (Å²) in [5.74, 6) is 0.672. The summed E-state index contributed by atoms with van der Waals surface area (Å²) >= 11 is 0. The highest BCUT2D eigenvalue weighted by Crippen LogP contribution is 2.38. The molecule has 4 aromatic heterocycles. The van der Waals surface area contributed by atoms with Crippen LogP contribution in [0.2, 0.25) is 0 Å². The molecule has 11 aromatic rings. The lowest BCUT2D eigenvalue weighted by atomic mass is 10.0. The maximum Gasteiger partial charge on any atom is 0.160 e. The van der Waals surface area contributed by atoms with E-state index < -0.39 is 0 Å². The molecule has 0 saturated carbocycles. The van der Waals surface area contributed by atoms with Crippen molar-refractivity contribution in [1.82, 2.24) is 24.1 Å². The Labute approximate surface area is 323 Å². The van der Waals surface area contributed by atoms with Crippen molar-refractivity contribution in [2.75, 3.05) is 0 Å². The summed E-state index contributed by atoms with van der Waals surface area (Å²) < 4.78 is 4.78. The molecule has 0 unspecified atom stereocenters. The maximum absolute atomic E-state index is 5.33. The van der Waals surface area contributed by atoms with Crippen molar-refractivity contribution in [3.63, 3.8) is 0 Å². The molecule has 11 rings (SSSR count). The highest BCUT2D eigenvalue weighted by molar-refractivity contribution is 6.10. The Bertz CT molecular complexity index is 3010. The second kappa shape index (κ2) is 13.0. The zero-order valence-corrected chi connectivity index (χ0v) is 30.3. The SMILES string of the molecule is c1ccc(-c2nc(-c3cccc(-c4cccnc4)c3)cc(-c3cc(-n4c5ccccc5c5ccccc54)cc(-n4c5ccccc5c5ccccc54)c3)n2)cc1. The van der Waals surface area contributed by atoms with Crippen molar-refractivity contribution in [3.8, 4) is 56.4 Å². The highest BCUT2D eigenvalue weighted by Gasteiger charge is 2.19. The van der Waals surface area contributed by atoms with Gasteiger partial charge in [0.15, 0.2) is 5.82 Å². The van der Waals surface area contributed by atoms with Crippen LogP contribution >= 0.6 is 0 Å². The first-order valence-electron chi connectivity index (χ1n) is 18.8. The van der Waals surface area contributed by atoms with Gasteiger partial charge in [-0.25, -0.2) is 9.97 Å². The van der Waals surface area contributed by atoms with Crippen molar-refractivity contribution < 1.29 is 0 Å². The third kappa shape index (κ3) is 5.29. The van der Waals surface area contributed by atoms with E-state index in [1.165, 1.54) is 21.5 Å². The van der Waals surface area contributed by atoms with E-state index in [1.807, 2.05) is 30.5 Å². The summed E-state index contributed by atoms with van der Waals surface area (Å²) in [6.07, 6.45) is 3.70. The average molecular weight is 716 g/mol. The molecule has 0 spiro atoms. The Kier molecular flexibility index (Phi) is 7.42. The molecule has 0 aliphatic heterocycles. The van der Waals surface area contributed by atoms with Gasteiger partial charge in [-0.2, -0.15) is 0 Å². The van der Waals surface area contributed by atoms with Gasteiger partial charge < -0.3 is 9.13 Å². The van der Waals surface area contributed by atoms with Crippen molar-refractivity contribution in [3.05, 3.63) is 200 Å². The largest absolute Gasteiger partial charge is 0.309 e. The predicted octanol–water partition coefficient (Wildman–Crippen LogP) is 12.7. The van der Waals surface area contributed by atoms with E-state index in [0.717, 1.165) is 72.6 Å². The van der Waals surface area contributed by atoms with Gasteiger partial charge in [0.05, 0.1) is 33.5 Å². The van der Waals surface area contributed by atoms with Crippen LogP contribution in [-0.4, -0.2) is 24.1 Å². The molecule has 0 N–H and O–H groups in total. The van der Waals surface area contributed by atoms with Gasteiger partial charge in [0.2, 0.25) is 0 Å². The minimum Gasteiger partial charge on any atom is -0.309 e. The number of pyridine rings is 1. The van der Waals surface area contributed by atoms with E-state index in [-0.39, 0.29) is 0 Å². The fraction of sp³-hybridized carbons (Fsp3) is 0. The molecule has 262 valence electrons. The van der Waals surface area contributed by atoms with Crippen LogP contribution in [-0.2, 0) is 0 Å². The van der Waals surface area contributed by atoms with E-state index in [0.29, 0.717) is 5.82 Å². The number of hydrogen-bond acceptors (Lipinski definition) is 3. The van der Waals surface area contributed by atoms with E-state index in [2.05, 4.69) is 178 Å². The maximum atomic E-state index is 5.33. The number of rotatable bonds is 6. The van der Waals surface area contributed by atoms with Crippen LogP contribution in [0, 0.1) is 0 Å². The second-order valence-corrected chi connectivity index (χ2v) is 14.1. The fourth-order valence-corrected chi connectivity index (χ4v) is 8.25. The van der Waals surface area contributed by atoms with Gasteiger partial charge in [-0.05, 0) is 66.2 Å². The van der Waals surface area contributed by atoms with E-state index in [1.54, 1.807) is 6.20 Å². The number of nitrogens with zero attached hydrogens (tertiary/aromatic N) is 5. The van der Waals surface area contributed by atoms with E-state index in [4.69, 9.17) is 9.97 Å². The summed E-state index contributed by atoms with van der Waals surface area (Å²) in [6.45, 7) is 0. The van der Waals surface area contributed by atoms with E-state index >= 15 is 0 Å². The summed E-state index contributed by atoms with van der Waals surface area (Å²) in [4.78, 5) is 14.9. The number of benzene rings is 7. The topological polar surface area (TPSA) is 48.5 Å². The van der Waals surface area contributed by atoms with Crippen LogP contribution in [0.5, 0.6) is 0 Å². The Morgan fingerprint density at radius 3 is 1.32 bits per heavy atom. The summed E-state index contributed by atoms with van der Waals surface area (Å²) in [5.41, 5.74) is 13.5. The lowest BCUT2D eigenvalue weighted by Gasteiger charge is -2.16. The molecule has 0 atom stereocenters. The molecular weight excluding hydrogens is 683 g/mol. The van der Waals surface area contributed by atoms with Crippen LogP contribution in [0.25, 0.3) is 100 Å². The van der Waals surface area contributed by atoms with Crippen molar-refractivity contribution >= 4 is 43.6 Å². The zero-order valence-electron chi connectivity index (χ0n) is 30.3. The lowest BCUT2D eigenvalue weighted by molar-refractivity contribution is 1.13. The van der Waals surface area contributed by atoms with Gasteiger partial charge in [0, 0.05) is 67.6 Å². The summed E-state index contributed by atoms with van der Waals surface area (Å²) in [5, 5.41) is 4.87. The Hall–Kier alpha value is -7.63. The predicted molar refractivity (Wildman–Crippen MR) is 230 cm³/mol. The molecule has 0 saturated heterocycles. The van der Waals surface area contributed by atoms with Gasteiger partial charge in [0.25, 0.3) is 0 Å². The van der Waals surface area contributed by atoms with Gasteiger partial charge in [-0.1, -0.05) is 127 Å². The minimum atomic E-state index is 0.672. The van der Waals surface area contributed by atoms with Gasteiger partial charge in [0.1, 0.15) is 0 Å². The number of hydrogen-bond donors (Lipinski definition) is 0. The van der Waals surface area contributed by atoms with E-state index in [9.17, 15) is 0 Å².